The second kappa shape index (κ2) is 9.62. The Morgan fingerprint density at radius 2 is 1.97 bits per heavy atom. The first-order valence-electron chi connectivity index (χ1n) is 8.80. The third kappa shape index (κ3) is 5.62. The summed E-state index contributed by atoms with van der Waals surface area (Å²) in [6.45, 7) is 3.34. The molecule has 0 spiro atoms. The molecule has 0 radical (unpaired) electrons. The zero-order valence-electron chi connectivity index (χ0n) is 15.9. The van der Waals surface area contributed by atoms with E-state index in [9.17, 15) is 9.59 Å². The fourth-order valence-corrected chi connectivity index (χ4v) is 3.98. The van der Waals surface area contributed by atoms with Crippen molar-refractivity contribution in [3.05, 3.63) is 76.1 Å². The topological polar surface area (TPSA) is 81.4 Å². The van der Waals surface area contributed by atoms with Crippen LogP contribution in [0.25, 0.3) is 0 Å². The van der Waals surface area contributed by atoms with Crippen molar-refractivity contribution in [2.24, 2.45) is 0 Å². The summed E-state index contributed by atoms with van der Waals surface area (Å²) >= 11 is 7.37. The monoisotopic (exact) mass is 430 g/mol. The molecule has 150 valence electrons. The van der Waals surface area contributed by atoms with E-state index >= 15 is 0 Å². The molecule has 0 bridgehead atoms. The first kappa shape index (κ1) is 21.0. The second-order valence-corrected chi connectivity index (χ2v) is 7.68. The number of carbonyl (C=O) groups is 2. The Labute approximate surface area is 177 Å². The highest BCUT2D eigenvalue weighted by Crippen LogP contribution is 2.29. The van der Waals surface area contributed by atoms with E-state index in [1.165, 1.54) is 11.8 Å². The maximum absolute atomic E-state index is 12.5. The molecule has 29 heavy (non-hydrogen) atoms. The highest BCUT2D eigenvalue weighted by atomic mass is 35.5. The molecule has 6 nitrogen and oxygen atoms in total. The SMILES string of the molecule is Cc1noc(C)c1CSc1ccccc1C(=O)OCC(=O)Nc1cccc(Cl)c1. The van der Waals surface area contributed by atoms with E-state index in [1.54, 1.807) is 36.4 Å². The van der Waals surface area contributed by atoms with Gasteiger partial charge in [0.1, 0.15) is 5.76 Å². The van der Waals surface area contributed by atoms with Crippen LogP contribution in [0.3, 0.4) is 0 Å². The van der Waals surface area contributed by atoms with Gasteiger partial charge in [0.25, 0.3) is 5.91 Å². The van der Waals surface area contributed by atoms with Gasteiger partial charge in [-0.25, -0.2) is 4.79 Å². The van der Waals surface area contributed by atoms with Gasteiger partial charge in [0, 0.05) is 26.9 Å². The Morgan fingerprint density at radius 3 is 2.69 bits per heavy atom. The molecule has 0 aliphatic carbocycles. The largest absolute Gasteiger partial charge is 0.452 e. The van der Waals surface area contributed by atoms with E-state index < -0.39 is 18.5 Å². The molecule has 0 atom stereocenters. The van der Waals surface area contributed by atoms with Crippen LogP contribution in [0.4, 0.5) is 5.69 Å². The first-order valence-corrected chi connectivity index (χ1v) is 10.2. The smallest absolute Gasteiger partial charge is 0.339 e. The summed E-state index contributed by atoms with van der Waals surface area (Å²) in [6.07, 6.45) is 0. The molecule has 0 unspecified atom stereocenters. The van der Waals surface area contributed by atoms with Crippen LogP contribution in [0.15, 0.2) is 57.9 Å². The van der Waals surface area contributed by atoms with E-state index in [4.69, 9.17) is 20.9 Å². The third-order valence-corrected chi connectivity index (χ3v) is 5.44. The molecule has 1 N–H and O–H groups in total. The molecule has 0 aliphatic heterocycles. The van der Waals surface area contributed by atoms with Crippen LogP contribution in [0, 0.1) is 13.8 Å². The lowest BCUT2D eigenvalue weighted by molar-refractivity contribution is -0.119. The summed E-state index contributed by atoms with van der Waals surface area (Å²) in [5, 5.41) is 7.08. The van der Waals surface area contributed by atoms with Gasteiger partial charge in [-0.1, -0.05) is 35.0 Å². The number of esters is 1. The van der Waals surface area contributed by atoms with Crippen molar-refractivity contribution in [2.75, 3.05) is 11.9 Å². The number of ether oxygens (including phenoxy) is 1. The van der Waals surface area contributed by atoms with Crippen molar-refractivity contribution in [1.82, 2.24) is 5.16 Å². The maximum atomic E-state index is 12.5. The number of nitrogens with one attached hydrogen (secondary N) is 1. The Balaban J connectivity index is 1.60. The molecule has 0 fully saturated rings. The number of rotatable bonds is 7. The summed E-state index contributed by atoms with van der Waals surface area (Å²) in [4.78, 5) is 25.3. The third-order valence-electron chi connectivity index (χ3n) is 4.10. The molecular weight excluding hydrogens is 412 g/mol. The number of anilines is 1. The van der Waals surface area contributed by atoms with Crippen molar-refractivity contribution < 1.29 is 18.8 Å². The van der Waals surface area contributed by atoms with Gasteiger partial charge in [-0.05, 0) is 44.2 Å². The van der Waals surface area contributed by atoms with Gasteiger partial charge < -0.3 is 14.6 Å². The van der Waals surface area contributed by atoms with Gasteiger partial charge >= 0.3 is 5.97 Å². The standard InChI is InChI=1S/C21H19ClN2O4S/c1-13-18(14(2)28-24-13)12-29-19-9-4-3-8-17(19)21(26)27-11-20(25)23-16-7-5-6-15(22)10-16/h3-10H,11-12H2,1-2H3,(H,23,25). The lowest BCUT2D eigenvalue weighted by Gasteiger charge is -2.10. The van der Waals surface area contributed by atoms with Gasteiger partial charge in [-0.2, -0.15) is 0 Å². The summed E-state index contributed by atoms with van der Waals surface area (Å²) in [5.74, 6) is 0.364. The maximum Gasteiger partial charge on any atom is 0.339 e. The van der Waals surface area contributed by atoms with Crippen molar-refractivity contribution in [2.45, 2.75) is 24.5 Å². The summed E-state index contributed by atoms with van der Waals surface area (Å²) in [5.41, 5.74) is 2.76. The molecule has 8 heteroatoms. The minimum Gasteiger partial charge on any atom is -0.452 e. The summed E-state index contributed by atoms with van der Waals surface area (Å²) in [7, 11) is 0. The number of benzene rings is 2. The van der Waals surface area contributed by atoms with Gasteiger partial charge in [0.05, 0.1) is 11.3 Å². The molecule has 0 saturated heterocycles. The van der Waals surface area contributed by atoms with Gasteiger partial charge in [-0.15, -0.1) is 11.8 Å². The molecule has 1 amide bonds. The van der Waals surface area contributed by atoms with Crippen LogP contribution in [-0.4, -0.2) is 23.6 Å². The van der Waals surface area contributed by atoms with Crippen LogP contribution in [0.2, 0.25) is 5.02 Å². The van der Waals surface area contributed by atoms with Crippen LogP contribution in [-0.2, 0) is 15.3 Å². The number of hydrogen-bond acceptors (Lipinski definition) is 6. The molecule has 1 heterocycles. The predicted molar refractivity (Wildman–Crippen MR) is 112 cm³/mol. The number of halogens is 1. The average Bonchev–Trinajstić information content (AvgIpc) is 3.02. The number of amides is 1. The van der Waals surface area contributed by atoms with E-state index in [0.29, 0.717) is 22.0 Å². The minimum absolute atomic E-state index is 0.395. The van der Waals surface area contributed by atoms with Crippen LogP contribution < -0.4 is 5.32 Å². The second-order valence-electron chi connectivity index (χ2n) is 6.22. The Kier molecular flexibility index (Phi) is 6.95. The van der Waals surface area contributed by atoms with Crippen LogP contribution >= 0.6 is 23.4 Å². The first-order chi connectivity index (χ1) is 13.9. The molecule has 1 aromatic heterocycles. The van der Waals surface area contributed by atoms with Gasteiger partial charge in [-0.3, -0.25) is 4.79 Å². The average molecular weight is 431 g/mol. The van der Waals surface area contributed by atoms with Gasteiger partial charge in [0.15, 0.2) is 6.61 Å². The van der Waals surface area contributed by atoms with Crippen molar-refractivity contribution in [3.63, 3.8) is 0 Å². The number of carbonyl (C=O) groups excluding carboxylic acids is 2. The molecule has 3 rings (SSSR count). The number of aryl methyl sites for hydroxylation is 2. The van der Waals surface area contributed by atoms with E-state index in [-0.39, 0.29) is 0 Å². The zero-order chi connectivity index (χ0) is 20.8. The Morgan fingerprint density at radius 1 is 1.17 bits per heavy atom. The van der Waals surface area contributed by atoms with Crippen molar-refractivity contribution in [3.8, 4) is 0 Å². The van der Waals surface area contributed by atoms with Crippen LogP contribution in [0.5, 0.6) is 0 Å². The minimum atomic E-state index is -0.562. The Bertz CT molecular complexity index is 1020. The fraction of sp³-hybridized carbons (Fsp3) is 0.190. The summed E-state index contributed by atoms with van der Waals surface area (Å²) in [6, 6.07) is 13.8. The molecule has 0 aliphatic rings. The molecule has 3 aromatic rings. The van der Waals surface area contributed by atoms with Crippen molar-refractivity contribution >= 4 is 40.9 Å². The predicted octanol–water partition coefficient (Wildman–Crippen LogP) is 5.03. The van der Waals surface area contributed by atoms with E-state index in [1.807, 2.05) is 26.0 Å². The number of aromatic nitrogens is 1. The number of hydrogen-bond donors (Lipinski definition) is 1. The lowest BCUT2D eigenvalue weighted by Crippen LogP contribution is -2.21. The normalized spacial score (nSPS) is 10.6. The highest BCUT2D eigenvalue weighted by Gasteiger charge is 2.16. The molecule has 2 aromatic carbocycles. The fourth-order valence-electron chi connectivity index (χ4n) is 2.59. The highest BCUT2D eigenvalue weighted by molar-refractivity contribution is 7.98. The molecular formula is C21H19ClN2O4S. The molecule has 0 saturated carbocycles. The van der Waals surface area contributed by atoms with Crippen LogP contribution in [0.1, 0.15) is 27.4 Å². The van der Waals surface area contributed by atoms with E-state index in [2.05, 4.69) is 10.5 Å². The lowest BCUT2D eigenvalue weighted by atomic mass is 10.2. The Hall–Kier alpha value is -2.77. The van der Waals surface area contributed by atoms with Gasteiger partial charge in [0.2, 0.25) is 0 Å². The quantitative estimate of drug-likeness (QED) is 0.418. The number of nitrogens with zero attached hydrogens (tertiary/aromatic N) is 1. The summed E-state index contributed by atoms with van der Waals surface area (Å²) < 4.78 is 10.4. The van der Waals surface area contributed by atoms with E-state index in [0.717, 1.165) is 21.9 Å². The number of thioether (sulfide) groups is 1. The zero-order valence-corrected chi connectivity index (χ0v) is 17.5. The van der Waals surface area contributed by atoms with Crippen molar-refractivity contribution in [1.29, 1.82) is 0 Å².